The van der Waals surface area contributed by atoms with Gasteiger partial charge in [0.1, 0.15) is 5.82 Å². The molecule has 1 amide bonds. The van der Waals surface area contributed by atoms with E-state index in [1.807, 2.05) is 4.90 Å². The van der Waals surface area contributed by atoms with E-state index in [1.54, 1.807) is 12.1 Å². The van der Waals surface area contributed by atoms with Crippen molar-refractivity contribution in [2.24, 2.45) is 11.8 Å². The maximum Gasteiger partial charge on any atom is 0.226 e. The third-order valence-corrected chi connectivity index (χ3v) is 4.90. The lowest BCUT2D eigenvalue weighted by atomic mass is 9.98. The molecule has 2 aliphatic rings. The van der Waals surface area contributed by atoms with Crippen molar-refractivity contribution in [2.75, 3.05) is 19.7 Å². The van der Waals surface area contributed by atoms with Crippen LogP contribution in [0.3, 0.4) is 0 Å². The van der Waals surface area contributed by atoms with Crippen molar-refractivity contribution in [3.05, 3.63) is 34.6 Å². The van der Waals surface area contributed by atoms with Crippen LogP contribution in [-0.2, 0) is 4.79 Å². The minimum atomic E-state index is -0.324. The highest BCUT2D eigenvalue weighted by atomic mass is 35.5. The number of piperidine rings is 1. The van der Waals surface area contributed by atoms with Gasteiger partial charge in [-0.15, -0.1) is 0 Å². The minimum Gasteiger partial charge on any atom is -0.396 e. The van der Waals surface area contributed by atoms with Gasteiger partial charge in [-0.3, -0.25) is 4.79 Å². The quantitative estimate of drug-likeness (QED) is 0.932. The number of hydrogen-bond donors (Lipinski definition) is 1. The number of nitrogens with zero attached hydrogens (tertiary/aromatic N) is 1. The molecule has 3 rings (SSSR count). The van der Waals surface area contributed by atoms with E-state index >= 15 is 0 Å². The first kappa shape index (κ1) is 14.8. The number of rotatable bonds is 3. The number of carbonyl (C=O) groups is 1. The lowest BCUT2D eigenvalue weighted by Crippen LogP contribution is -2.41. The van der Waals surface area contributed by atoms with E-state index in [4.69, 9.17) is 11.6 Å². The van der Waals surface area contributed by atoms with Crippen molar-refractivity contribution in [3.8, 4) is 0 Å². The Hall–Kier alpha value is -1.13. The molecule has 3 nitrogen and oxygen atoms in total. The number of hydrogen-bond acceptors (Lipinski definition) is 2. The number of likely N-dealkylation sites (tertiary alicyclic amines) is 1. The molecule has 0 radical (unpaired) electrons. The summed E-state index contributed by atoms with van der Waals surface area (Å²) in [6.45, 7) is 1.48. The van der Waals surface area contributed by atoms with Crippen LogP contribution < -0.4 is 0 Å². The largest absolute Gasteiger partial charge is 0.396 e. The lowest BCUT2D eigenvalue weighted by molar-refractivity contribution is -0.134. The second-order valence-corrected chi connectivity index (χ2v) is 6.47. The van der Waals surface area contributed by atoms with Crippen molar-refractivity contribution in [2.45, 2.75) is 25.2 Å². The van der Waals surface area contributed by atoms with Crippen LogP contribution in [0.2, 0.25) is 5.02 Å². The van der Waals surface area contributed by atoms with Crippen LogP contribution in [0.4, 0.5) is 4.39 Å². The molecule has 21 heavy (non-hydrogen) atoms. The Labute approximate surface area is 128 Å². The Morgan fingerprint density at radius 3 is 3.00 bits per heavy atom. The van der Waals surface area contributed by atoms with E-state index in [1.165, 1.54) is 6.07 Å². The zero-order valence-corrected chi connectivity index (χ0v) is 12.5. The van der Waals surface area contributed by atoms with E-state index in [-0.39, 0.29) is 36.1 Å². The number of aliphatic hydroxyl groups excluding tert-OH is 1. The van der Waals surface area contributed by atoms with Gasteiger partial charge in [-0.1, -0.05) is 17.7 Å². The fourth-order valence-corrected chi connectivity index (χ4v) is 3.60. The summed E-state index contributed by atoms with van der Waals surface area (Å²) in [7, 11) is 0. The van der Waals surface area contributed by atoms with E-state index < -0.39 is 0 Å². The van der Waals surface area contributed by atoms with Crippen LogP contribution in [0.1, 0.15) is 30.7 Å². The molecular weight excluding hydrogens is 293 g/mol. The van der Waals surface area contributed by atoms with Crippen molar-refractivity contribution in [1.29, 1.82) is 0 Å². The van der Waals surface area contributed by atoms with E-state index in [0.717, 1.165) is 19.4 Å². The van der Waals surface area contributed by atoms with Crippen molar-refractivity contribution >= 4 is 17.5 Å². The van der Waals surface area contributed by atoms with Crippen LogP contribution in [-0.4, -0.2) is 35.6 Å². The van der Waals surface area contributed by atoms with Crippen LogP contribution in [0.5, 0.6) is 0 Å². The first-order valence-electron chi connectivity index (χ1n) is 7.45. The van der Waals surface area contributed by atoms with Gasteiger partial charge in [-0.2, -0.15) is 0 Å². The molecule has 2 fully saturated rings. The third kappa shape index (κ3) is 2.92. The number of carbonyl (C=O) groups excluding carboxylic acids is 1. The molecule has 1 aliphatic carbocycles. The number of amides is 1. The van der Waals surface area contributed by atoms with E-state index in [9.17, 15) is 14.3 Å². The molecule has 1 saturated carbocycles. The average Bonchev–Trinajstić information content (AvgIpc) is 3.26. The summed E-state index contributed by atoms with van der Waals surface area (Å²) >= 11 is 6.07. The van der Waals surface area contributed by atoms with Gasteiger partial charge in [-0.05, 0) is 37.3 Å². The van der Waals surface area contributed by atoms with Crippen molar-refractivity contribution < 1.29 is 14.3 Å². The molecular formula is C16H19ClFNO2. The molecule has 3 atom stereocenters. The molecule has 1 saturated heterocycles. The Bertz CT molecular complexity index is 531. The fourth-order valence-electron chi connectivity index (χ4n) is 3.30. The average molecular weight is 312 g/mol. The highest BCUT2D eigenvalue weighted by molar-refractivity contribution is 6.31. The van der Waals surface area contributed by atoms with Crippen molar-refractivity contribution in [3.63, 3.8) is 0 Å². The molecule has 1 aliphatic heterocycles. The van der Waals surface area contributed by atoms with Gasteiger partial charge in [-0.25, -0.2) is 4.39 Å². The molecule has 5 heteroatoms. The lowest BCUT2D eigenvalue weighted by Gasteiger charge is -2.32. The second kappa shape index (κ2) is 5.93. The normalized spacial score (nSPS) is 28.5. The van der Waals surface area contributed by atoms with Crippen LogP contribution >= 0.6 is 11.6 Å². The van der Waals surface area contributed by atoms with Gasteiger partial charge in [0.15, 0.2) is 0 Å². The standard InChI is InChI=1S/C16H19ClFNO2/c17-13-4-1-5-14(18)15(13)11-7-12(11)16(21)19-6-2-3-10(8-19)9-20/h1,4-5,10-12,20H,2-3,6-9H2. The highest BCUT2D eigenvalue weighted by Gasteiger charge is 2.48. The van der Waals surface area contributed by atoms with Gasteiger partial charge >= 0.3 is 0 Å². The third-order valence-electron chi connectivity index (χ3n) is 4.57. The summed E-state index contributed by atoms with van der Waals surface area (Å²) in [6, 6.07) is 4.64. The molecule has 1 N–H and O–H groups in total. The van der Waals surface area contributed by atoms with Crippen LogP contribution in [0, 0.1) is 17.7 Å². The Kier molecular flexibility index (Phi) is 4.18. The van der Waals surface area contributed by atoms with Gasteiger partial charge in [0.2, 0.25) is 5.91 Å². The van der Waals surface area contributed by atoms with E-state index in [0.29, 0.717) is 23.6 Å². The topological polar surface area (TPSA) is 40.5 Å². The van der Waals surface area contributed by atoms with Gasteiger partial charge in [0.25, 0.3) is 0 Å². The zero-order valence-electron chi connectivity index (χ0n) is 11.8. The second-order valence-electron chi connectivity index (χ2n) is 6.06. The zero-order chi connectivity index (χ0) is 15.0. The molecule has 1 heterocycles. The van der Waals surface area contributed by atoms with Crippen molar-refractivity contribution in [1.82, 2.24) is 4.90 Å². The number of halogens is 2. The molecule has 1 aromatic rings. The summed E-state index contributed by atoms with van der Waals surface area (Å²) in [6.07, 6.45) is 2.56. The highest BCUT2D eigenvalue weighted by Crippen LogP contribution is 2.51. The fraction of sp³-hybridized carbons (Fsp3) is 0.562. The number of benzene rings is 1. The Morgan fingerprint density at radius 1 is 1.48 bits per heavy atom. The first-order chi connectivity index (χ1) is 10.1. The van der Waals surface area contributed by atoms with Crippen LogP contribution in [0.25, 0.3) is 0 Å². The predicted octanol–water partition coefficient (Wildman–Crippen LogP) is 2.81. The minimum absolute atomic E-state index is 0.0810. The summed E-state index contributed by atoms with van der Waals surface area (Å²) in [5.74, 6) is -0.318. The molecule has 3 unspecified atom stereocenters. The Morgan fingerprint density at radius 2 is 2.29 bits per heavy atom. The van der Waals surface area contributed by atoms with E-state index in [2.05, 4.69) is 0 Å². The summed E-state index contributed by atoms with van der Waals surface area (Å²) in [5, 5.41) is 9.65. The first-order valence-corrected chi connectivity index (χ1v) is 7.83. The molecule has 1 aromatic carbocycles. The summed E-state index contributed by atoms with van der Waals surface area (Å²) in [5.41, 5.74) is 0.480. The molecule has 0 spiro atoms. The smallest absolute Gasteiger partial charge is 0.226 e. The van der Waals surface area contributed by atoms with Crippen LogP contribution in [0.15, 0.2) is 18.2 Å². The number of aliphatic hydroxyl groups is 1. The van der Waals surface area contributed by atoms with Gasteiger partial charge < -0.3 is 10.0 Å². The predicted molar refractivity (Wildman–Crippen MR) is 78.6 cm³/mol. The van der Waals surface area contributed by atoms with Gasteiger partial charge in [0.05, 0.1) is 0 Å². The Balaban J connectivity index is 1.68. The monoisotopic (exact) mass is 311 g/mol. The summed E-state index contributed by atoms with van der Waals surface area (Å²) < 4.78 is 13.9. The molecule has 0 bridgehead atoms. The SMILES string of the molecule is O=C(C1CC1c1c(F)cccc1Cl)N1CCCC(CO)C1. The maximum atomic E-state index is 13.9. The maximum absolute atomic E-state index is 13.9. The summed E-state index contributed by atoms with van der Waals surface area (Å²) in [4.78, 5) is 14.3. The molecule has 0 aromatic heterocycles. The molecule has 114 valence electrons. The van der Waals surface area contributed by atoms with Gasteiger partial charge in [0, 0.05) is 42.1 Å².